The number of rotatable bonds is 1. The Balaban J connectivity index is 2.16. The fourth-order valence-corrected chi connectivity index (χ4v) is 2.42. The lowest BCUT2D eigenvalue weighted by Gasteiger charge is -2.29. The van der Waals surface area contributed by atoms with E-state index in [0.717, 1.165) is 5.57 Å². The van der Waals surface area contributed by atoms with Crippen molar-refractivity contribution in [1.29, 1.82) is 0 Å². The summed E-state index contributed by atoms with van der Waals surface area (Å²) in [5, 5.41) is 0. The molecule has 0 amide bonds. The van der Waals surface area contributed by atoms with Crippen molar-refractivity contribution in [3.8, 4) is 0 Å². The molecule has 4 nitrogen and oxygen atoms in total. The van der Waals surface area contributed by atoms with Gasteiger partial charge in [0.25, 0.3) is 0 Å². The van der Waals surface area contributed by atoms with E-state index in [-0.39, 0.29) is 36.0 Å². The molecular formula is C12H16O4. The van der Waals surface area contributed by atoms with Crippen molar-refractivity contribution in [1.82, 2.24) is 0 Å². The molecule has 4 heteroatoms. The van der Waals surface area contributed by atoms with Crippen LogP contribution in [0.2, 0.25) is 0 Å². The third kappa shape index (κ3) is 1.84. The molecule has 0 N–H and O–H groups in total. The summed E-state index contributed by atoms with van der Waals surface area (Å²) < 4.78 is 10.5. The van der Waals surface area contributed by atoms with Gasteiger partial charge >= 0.3 is 11.9 Å². The fourth-order valence-electron chi connectivity index (χ4n) is 2.42. The SMILES string of the molecule is CC(=O)O[C@@H]1C[C@H]2[C@@H](C=C1C)OC(=O)[C@@H]2C. The molecule has 0 saturated carbocycles. The minimum Gasteiger partial charge on any atom is -0.458 e. The molecule has 1 aliphatic carbocycles. The maximum absolute atomic E-state index is 11.4. The van der Waals surface area contributed by atoms with Crippen molar-refractivity contribution in [2.24, 2.45) is 11.8 Å². The van der Waals surface area contributed by atoms with Crippen molar-refractivity contribution in [2.45, 2.75) is 39.4 Å². The second kappa shape index (κ2) is 3.92. The van der Waals surface area contributed by atoms with E-state index >= 15 is 0 Å². The average molecular weight is 224 g/mol. The zero-order valence-corrected chi connectivity index (χ0v) is 9.73. The van der Waals surface area contributed by atoms with Gasteiger partial charge in [-0.05, 0) is 25.0 Å². The first-order chi connectivity index (χ1) is 7.49. The van der Waals surface area contributed by atoms with E-state index in [1.54, 1.807) is 0 Å². The number of carbonyl (C=O) groups excluding carboxylic acids is 2. The van der Waals surface area contributed by atoms with Crippen molar-refractivity contribution in [3.05, 3.63) is 11.6 Å². The van der Waals surface area contributed by atoms with Crippen LogP contribution in [0, 0.1) is 11.8 Å². The van der Waals surface area contributed by atoms with E-state index in [0.29, 0.717) is 6.42 Å². The molecule has 2 rings (SSSR count). The molecule has 1 heterocycles. The maximum atomic E-state index is 11.4. The lowest BCUT2D eigenvalue weighted by Crippen LogP contribution is -2.32. The first-order valence-corrected chi connectivity index (χ1v) is 5.55. The second-order valence-corrected chi connectivity index (χ2v) is 4.60. The van der Waals surface area contributed by atoms with Crippen molar-refractivity contribution >= 4 is 11.9 Å². The van der Waals surface area contributed by atoms with Gasteiger partial charge < -0.3 is 9.47 Å². The highest BCUT2D eigenvalue weighted by molar-refractivity contribution is 5.75. The normalized spacial score (nSPS) is 37.4. The third-order valence-electron chi connectivity index (χ3n) is 3.42. The summed E-state index contributed by atoms with van der Waals surface area (Å²) in [4.78, 5) is 22.4. The van der Waals surface area contributed by atoms with Crippen molar-refractivity contribution in [2.75, 3.05) is 0 Å². The minimum atomic E-state index is -0.283. The van der Waals surface area contributed by atoms with Gasteiger partial charge in [-0.1, -0.05) is 6.92 Å². The Hall–Kier alpha value is -1.32. The van der Waals surface area contributed by atoms with Crippen LogP contribution in [-0.2, 0) is 19.1 Å². The summed E-state index contributed by atoms with van der Waals surface area (Å²) in [6.45, 7) is 5.17. The van der Waals surface area contributed by atoms with E-state index in [2.05, 4.69) is 0 Å². The van der Waals surface area contributed by atoms with Crippen LogP contribution in [-0.4, -0.2) is 24.1 Å². The number of ether oxygens (including phenoxy) is 2. The van der Waals surface area contributed by atoms with E-state index in [1.807, 2.05) is 19.9 Å². The van der Waals surface area contributed by atoms with Crippen LogP contribution in [0.3, 0.4) is 0 Å². The molecule has 88 valence electrons. The molecule has 0 radical (unpaired) electrons. The van der Waals surface area contributed by atoms with E-state index in [4.69, 9.17) is 9.47 Å². The molecule has 0 aromatic carbocycles. The second-order valence-electron chi connectivity index (χ2n) is 4.60. The largest absolute Gasteiger partial charge is 0.458 e. The quantitative estimate of drug-likeness (QED) is 0.499. The lowest BCUT2D eigenvalue weighted by atomic mass is 9.80. The van der Waals surface area contributed by atoms with Crippen LogP contribution in [0.1, 0.15) is 27.2 Å². The van der Waals surface area contributed by atoms with Gasteiger partial charge in [0, 0.05) is 12.8 Å². The molecule has 0 bridgehead atoms. The molecule has 1 saturated heterocycles. The van der Waals surface area contributed by atoms with E-state index in [9.17, 15) is 9.59 Å². The van der Waals surface area contributed by atoms with E-state index in [1.165, 1.54) is 6.92 Å². The smallest absolute Gasteiger partial charge is 0.309 e. The summed E-state index contributed by atoms with van der Waals surface area (Å²) in [5.41, 5.74) is 0.971. The van der Waals surface area contributed by atoms with E-state index < -0.39 is 0 Å². The van der Waals surface area contributed by atoms with Crippen LogP contribution in [0.15, 0.2) is 11.6 Å². The first-order valence-electron chi connectivity index (χ1n) is 5.55. The number of fused-ring (bicyclic) bond motifs is 1. The van der Waals surface area contributed by atoms with Gasteiger partial charge in [0.05, 0.1) is 5.92 Å². The zero-order chi connectivity index (χ0) is 11.9. The summed E-state index contributed by atoms with van der Waals surface area (Å²) in [6.07, 6.45) is 2.26. The number of hydrogen-bond acceptors (Lipinski definition) is 4. The Morgan fingerprint density at radius 1 is 1.56 bits per heavy atom. The Labute approximate surface area is 94.6 Å². The standard InChI is InChI=1S/C12H16O4/c1-6-4-11-9(7(2)12(14)16-11)5-10(6)15-8(3)13/h4,7,9-11H,5H2,1-3H3/t7-,9-,10-,11-/m1/s1. The predicted molar refractivity (Wildman–Crippen MR) is 56.5 cm³/mol. The number of esters is 2. The zero-order valence-electron chi connectivity index (χ0n) is 9.73. The van der Waals surface area contributed by atoms with Gasteiger partial charge in [-0.25, -0.2) is 0 Å². The van der Waals surface area contributed by atoms with Gasteiger partial charge in [-0.15, -0.1) is 0 Å². The lowest BCUT2D eigenvalue weighted by molar-refractivity contribution is -0.146. The van der Waals surface area contributed by atoms with Crippen LogP contribution in [0.25, 0.3) is 0 Å². The molecule has 2 aliphatic rings. The Morgan fingerprint density at radius 3 is 2.88 bits per heavy atom. The van der Waals surface area contributed by atoms with Gasteiger partial charge in [-0.3, -0.25) is 9.59 Å². The van der Waals surface area contributed by atoms with Gasteiger partial charge in [0.2, 0.25) is 0 Å². The molecule has 16 heavy (non-hydrogen) atoms. The molecule has 1 aliphatic heterocycles. The maximum Gasteiger partial charge on any atom is 0.309 e. The molecule has 0 unspecified atom stereocenters. The Morgan fingerprint density at radius 2 is 2.25 bits per heavy atom. The molecule has 4 atom stereocenters. The summed E-state index contributed by atoms with van der Waals surface area (Å²) in [7, 11) is 0. The topological polar surface area (TPSA) is 52.6 Å². The molecule has 0 aromatic heterocycles. The molecule has 1 fully saturated rings. The summed E-state index contributed by atoms with van der Waals surface area (Å²) in [5.74, 6) is -0.399. The first kappa shape index (κ1) is 11.2. The number of carbonyl (C=O) groups is 2. The average Bonchev–Trinajstić information content (AvgIpc) is 2.44. The molecule has 0 aromatic rings. The van der Waals surface area contributed by atoms with Crippen LogP contribution in [0.4, 0.5) is 0 Å². The van der Waals surface area contributed by atoms with Crippen molar-refractivity contribution < 1.29 is 19.1 Å². The highest BCUT2D eigenvalue weighted by atomic mass is 16.6. The molecule has 0 spiro atoms. The highest BCUT2D eigenvalue weighted by Crippen LogP contribution is 2.38. The number of hydrogen-bond donors (Lipinski definition) is 0. The van der Waals surface area contributed by atoms with Crippen molar-refractivity contribution in [3.63, 3.8) is 0 Å². The third-order valence-corrected chi connectivity index (χ3v) is 3.42. The molecular weight excluding hydrogens is 208 g/mol. The fraction of sp³-hybridized carbons (Fsp3) is 0.667. The summed E-state index contributed by atoms with van der Waals surface area (Å²) in [6, 6.07) is 0. The highest BCUT2D eigenvalue weighted by Gasteiger charge is 2.45. The minimum absolute atomic E-state index is 0.104. The van der Waals surface area contributed by atoms with Gasteiger partial charge in [0.15, 0.2) is 0 Å². The summed E-state index contributed by atoms with van der Waals surface area (Å²) >= 11 is 0. The predicted octanol–water partition coefficient (Wildman–Crippen LogP) is 1.45. The van der Waals surface area contributed by atoms with Gasteiger partial charge in [-0.2, -0.15) is 0 Å². The Kier molecular flexibility index (Phi) is 2.74. The van der Waals surface area contributed by atoms with Crippen LogP contribution >= 0.6 is 0 Å². The van der Waals surface area contributed by atoms with Gasteiger partial charge in [0.1, 0.15) is 12.2 Å². The Bertz CT molecular complexity index is 358. The van der Waals surface area contributed by atoms with Crippen LogP contribution in [0.5, 0.6) is 0 Å². The van der Waals surface area contributed by atoms with Crippen LogP contribution < -0.4 is 0 Å². The monoisotopic (exact) mass is 224 g/mol.